The highest BCUT2D eigenvalue weighted by molar-refractivity contribution is 7.16. The third kappa shape index (κ3) is 2.41. The summed E-state index contributed by atoms with van der Waals surface area (Å²) in [7, 11) is 0. The standard InChI is InChI=1S/C17H17NOS/c1-2-3-8-15(19)16-9-10-17(20-16)18-12-11-13-6-4-5-7-14(13)18/h4-7,9-12H,2-3,8H2,1H3. The molecule has 0 N–H and O–H groups in total. The average molecular weight is 283 g/mol. The van der Waals surface area contributed by atoms with Crippen LogP contribution in [0.3, 0.4) is 0 Å². The first-order chi connectivity index (χ1) is 9.79. The molecule has 0 aliphatic rings. The minimum absolute atomic E-state index is 0.263. The van der Waals surface area contributed by atoms with Crippen molar-refractivity contribution in [3.8, 4) is 5.00 Å². The summed E-state index contributed by atoms with van der Waals surface area (Å²) in [6.07, 6.45) is 4.75. The number of nitrogens with zero attached hydrogens (tertiary/aromatic N) is 1. The van der Waals surface area contributed by atoms with Gasteiger partial charge in [-0.15, -0.1) is 11.3 Å². The van der Waals surface area contributed by atoms with Gasteiger partial charge in [-0.05, 0) is 36.1 Å². The molecule has 102 valence electrons. The van der Waals surface area contributed by atoms with E-state index in [4.69, 9.17) is 0 Å². The number of unbranched alkanes of at least 4 members (excludes halogenated alkanes) is 1. The van der Waals surface area contributed by atoms with E-state index in [0.29, 0.717) is 6.42 Å². The highest BCUT2D eigenvalue weighted by Gasteiger charge is 2.10. The molecule has 0 aliphatic carbocycles. The van der Waals surface area contributed by atoms with Crippen LogP contribution in [0.4, 0.5) is 0 Å². The van der Waals surface area contributed by atoms with Crippen LogP contribution < -0.4 is 0 Å². The number of benzene rings is 1. The highest BCUT2D eigenvalue weighted by Crippen LogP contribution is 2.27. The van der Waals surface area contributed by atoms with Crippen LogP contribution in [0.15, 0.2) is 48.7 Å². The lowest BCUT2D eigenvalue weighted by Crippen LogP contribution is -1.94. The molecule has 2 aromatic heterocycles. The second-order valence-electron chi connectivity index (χ2n) is 4.91. The van der Waals surface area contributed by atoms with Crippen molar-refractivity contribution in [2.24, 2.45) is 0 Å². The largest absolute Gasteiger partial charge is 0.308 e. The molecular formula is C17H17NOS. The Hall–Kier alpha value is -1.87. The summed E-state index contributed by atoms with van der Waals surface area (Å²) in [4.78, 5) is 12.9. The van der Waals surface area contributed by atoms with E-state index in [0.717, 1.165) is 22.7 Å². The summed E-state index contributed by atoms with van der Waals surface area (Å²) in [6.45, 7) is 2.11. The lowest BCUT2D eigenvalue weighted by atomic mass is 10.1. The monoisotopic (exact) mass is 283 g/mol. The number of fused-ring (bicyclic) bond motifs is 1. The van der Waals surface area contributed by atoms with Crippen molar-refractivity contribution in [3.63, 3.8) is 0 Å². The van der Waals surface area contributed by atoms with Crippen molar-refractivity contribution in [1.82, 2.24) is 4.57 Å². The van der Waals surface area contributed by atoms with Gasteiger partial charge in [-0.1, -0.05) is 31.5 Å². The van der Waals surface area contributed by atoms with E-state index in [1.807, 2.05) is 24.3 Å². The zero-order valence-electron chi connectivity index (χ0n) is 11.5. The number of thiophene rings is 1. The van der Waals surface area contributed by atoms with Gasteiger partial charge in [0, 0.05) is 12.6 Å². The van der Waals surface area contributed by atoms with E-state index in [1.165, 1.54) is 10.9 Å². The van der Waals surface area contributed by atoms with Crippen LogP contribution in [-0.2, 0) is 0 Å². The molecule has 0 atom stereocenters. The average Bonchev–Trinajstić information content (AvgIpc) is 3.10. The molecule has 0 aliphatic heterocycles. The summed E-state index contributed by atoms with van der Waals surface area (Å²) in [5, 5.41) is 2.32. The number of para-hydroxylation sites is 1. The summed E-state index contributed by atoms with van der Waals surface area (Å²) >= 11 is 1.58. The maximum absolute atomic E-state index is 12.1. The summed E-state index contributed by atoms with van der Waals surface area (Å²) in [6, 6.07) is 14.4. The summed E-state index contributed by atoms with van der Waals surface area (Å²) in [5.74, 6) is 0.263. The van der Waals surface area contributed by atoms with Crippen molar-refractivity contribution in [2.45, 2.75) is 26.2 Å². The molecule has 0 radical (unpaired) electrons. The number of carbonyl (C=O) groups is 1. The van der Waals surface area contributed by atoms with Gasteiger partial charge in [0.15, 0.2) is 5.78 Å². The Labute approximate surface area is 122 Å². The van der Waals surface area contributed by atoms with Gasteiger partial charge in [0.1, 0.15) is 5.00 Å². The van der Waals surface area contributed by atoms with Crippen LogP contribution in [0, 0.1) is 0 Å². The molecule has 3 heteroatoms. The van der Waals surface area contributed by atoms with Crippen molar-refractivity contribution in [3.05, 3.63) is 53.5 Å². The molecule has 0 saturated heterocycles. The summed E-state index contributed by atoms with van der Waals surface area (Å²) in [5.41, 5.74) is 1.18. The lowest BCUT2D eigenvalue weighted by molar-refractivity contribution is 0.0983. The van der Waals surface area contributed by atoms with Gasteiger partial charge >= 0.3 is 0 Å². The van der Waals surface area contributed by atoms with Gasteiger partial charge in [-0.3, -0.25) is 4.79 Å². The first-order valence-corrected chi connectivity index (χ1v) is 7.80. The van der Waals surface area contributed by atoms with Gasteiger partial charge < -0.3 is 4.57 Å². The Kier molecular flexibility index (Phi) is 3.70. The Bertz CT molecular complexity index is 738. The van der Waals surface area contributed by atoms with E-state index in [-0.39, 0.29) is 5.78 Å². The van der Waals surface area contributed by atoms with Crippen molar-refractivity contribution >= 4 is 28.0 Å². The first kappa shape index (κ1) is 13.1. The normalized spacial score (nSPS) is 11.1. The third-order valence-corrected chi connectivity index (χ3v) is 4.59. The quantitative estimate of drug-likeness (QED) is 0.599. The Balaban J connectivity index is 1.92. The molecule has 20 heavy (non-hydrogen) atoms. The molecular weight excluding hydrogens is 266 g/mol. The van der Waals surface area contributed by atoms with Crippen molar-refractivity contribution < 1.29 is 4.79 Å². The fourth-order valence-electron chi connectivity index (χ4n) is 2.34. The molecule has 0 saturated carbocycles. The van der Waals surface area contributed by atoms with Crippen LogP contribution in [0.2, 0.25) is 0 Å². The number of Topliss-reactive ketones (excluding diaryl/α,β-unsaturated/α-hetero) is 1. The SMILES string of the molecule is CCCCC(=O)c1ccc(-n2ccc3ccccc32)s1. The maximum atomic E-state index is 12.1. The van der Waals surface area contributed by atoms with Crippen LogP contribution in [0.1, 0.15) is 35.9 Å². The van der Waals surface area contributed by atoms with Gasteiger partial charge in [0.25, 0.3) is 0 Å². The minimum atomic E-state index is 0.263. The van der Waals surface area contributed by atoms with Crippen LogP contribution >= 0.6 is 11.3 Å². The van der Waals surface area contributed by atoms with Gasteiger partial charge in [-0.2, -0.15) is 0 Å². The fraction of sp³-hybridized carbons (Fsp3) is 0.235. The molecule has 0 fully saturated rings. The van der Waals surface area contributed by atoms with E-state index in [2.05, 4.69) is 35.9 Å². The molecule has 1 aromatic carbocycles. The predicted molar refractivity (Wildman–Crippen MR) is 85.0 cm³/mol. The molecule has 3 aromatic rings. The van der Waals surface area contributed by atoms with E-state index >= 15 is 0 Å². The number of carbonyl (C=O) groups excluding carboxylic acids is 1. The van der Waals surface area contributed by atoms with Crippen LogP contribution in [0.5, 0.6) is 0 Å². The van der Waals surface area contributed by atoms with E-state index in [9.17, 15) is 4.79 Å². The van der Waals surface area contributed by atoms with Crippen LogP contribution in [-0.4, -0.2) is 10.4 Å². The predicted octanol–water partition coefficient (Wildman–Crippen LogP) is 5.06. The topological polar surface area (TPSA) is 22.0 Å². The number of hydrogen-bond acceptors (Lipinski definition) is 2. The fourth-order valence-corrected chi connectivity index (χ4v) is 3.31. The Morgan fingerprint density at radius 1 is 1.15 bits per heavy atom. The molecule has 0 amide bonds. The number of hydrogen-bond donors (Lipinski definition) is 0. The zero-order chi connectivity index (χ0) is 13.9. The molecule has 0 unspecified atom stereocenters. The Morgan fingerprint density at radius 2 is 2.00 bits per heavy atom. The molecule has 0 bridgehead atoms. The highest BCUT2D eigenvalue weighted by atomic mass is 32.1. The molecule has 2 nitrogen and oxygen atoms in total. The zero-order valence-corrected chi connectivity index (χ0v) is 12.3. The number of ketones is 1. The first-order valence-electron chi connectivity index (χ1n) is 6.99. The van der Waals surface area contributed by atoms with Gasteiger partial charge in [-0.25, -0.2) is 0 Å². The third-order valence-electron chi connectivity index (χ3n) is 3.46. The van der Waals surface area contributed by atoms with Crippen molar-refractivity contribution in [1.29, 1.82) is 0 Å². The second-order valence-corrected chi connectivity index (χ2v) is 5.97. The minimum Gasteiger partial charge on any atom is -0.308 e. The number of rotatable bonds is 5. The molecule has 0 spiro atoms. The second kappa shape index (κ2) is 5.63. The smallest absolute Gasteiger partial charge is 0.172 e. The lowest BCUT2D eigenvalue weighted by Gasteiger charge is -2.01. The maximum Gasteiger partial charge on any atom is 0.172 e. The van der Waals surface area contributed by atoms with Crippen LogP contribution in [0.25, 0.3) is 15.9 Å². The van der Waals surface area contributed by atoms with E-state index < -0.39 is 0 Å². The number of aromatic nitrogens is 1. The summed E-state index contributed by atoms with van der Waals surface area (Å²) < 4.78 is 2.15. The van der Waals surface area contributed by atoms with Crippen molar-refractivity contribution in [2.75, 3.05) is 0 Å². The molecule has 3 rings (SSSR count). The van der Waals surface area contributed by atoms with E-state index in [1.54, 1.807) is 11.3 Å². The van der Waals surface area contributed by atoms with Gasteiger partial charge in [0.05, 0.1) is 10.4 Å². The van der Waals surface area contributed by atoms with Gasteiger partial charge in [0.2, 0.25) is 0 Å². The molecule has 2 heterocycles. The Morgan fingerprint density at radius 3 is 2.85 bits per heavy atom.